The number of nitrogens with one attached hydrogen (secondary N) is 1. The Hall–Kier alpha value is -1.14. The Morgan fingerprint density at radius 1 is 1.33 bits per heavy atom. The van der Waals surface area contributed by atoms with Gasteiger partial charge in [0.2, 0.25) is 0 Å². The molecule has 0 radical (unpaired) electrons. The first kappa shape index (κ1) is 16.2. The maximum absolute atomic E-state index is 13.1. The Labute approximate surface area is 123 Å². The number of aromatic nitrogens is 1. The number of rotatable bonds is 3. The normalized spacial score (nSPS) is 21.2. The van der Waals surface area contributed by atoms with Crippen molar-refractivity contribution in [3.8, 4) is 0 Å². The Balaban J connectivity index is 2.27. The van der Waals surface area contributed by atoms with Gasteiger partial charge in [-0.25, -0.2) is 0 Å². The third-order valence-electron chi connectivity index (χ3n) is 4.53. The van der Waals surface area contributed by atoms with Crippen LogP contribution in [0.3, 0.4) is 0 Å². The average Bonchev–Trinajstić information content (AvgIpc) is 2.41. The first-order valence-corrected chi connectivity index (χ1v) is 7.22. The van der Waals surface area contributed by atoms with Crippen molar-refractivity contribution in [2.75, 3.05) is 0 Å². The van der Waals surface area contributed by atoms with Crippen LogP contribution < -0.4 is 11.3 Å². The van der Waals surface area contributed by atoms with Crippen LogP contribution in [0.2, 0.25) is 0 Å². The van der Waals surface area contributed by atoms with Crippen molar-refractivity contribution in [3.05, 3.63) is 29.6 Å². The van der Waals surface area contributed by atoms with E-state index in [4.69, 9.17) is 5.84 Å². The van der Waals surface area contributed by atoms with Gasteiger partial charge >= 0.3 is 6.18 Å². The van der Waals surface area contributed by atoms with Crippen LogP contribution >= 0.6 is 0 Å². The fourth-order valence-electron chi connectivity index (χ4n) is 3.15. The van der Waals surface area contributed by atoms with Crippen LogP contribution in [0, 0.1) is 11.3 Å². The number of alkyl halides is 3. The van der Waals surface area contributed by atoms with Gasteiger partial charge in [0.1, 0.15) is 0 Å². The molecule has 1 atom stereocenters. The quantitative estimate of drug-likeness (QED) is 0.659. The van der Waals surface area contributed by atoms with Gasteiger partial charge in [0, 0.05) is 18.0 Å². The molecule has 1 aromatic heterocycles. The van der Waals surface area contributed by atoms with Crippen molar-refractivity contribution < 1.29 is 13.2 Å². The van der Waals surface area contributed by atoms with Gasteiger partial charge in [-0.15, -0.1) is 0 Å². The fourth-order valence-corrected chi connectivity index (χ4v) is 3.15. The molecule has 6 heteroatoms. The summed E-state index contributed by atoms with van der Waals surface area (Å²) < 4.78 is 39.4. The molecule has 1 aliphatic carbocycles. The molecule has 1 saturated carbocycles. The van der Waals surface area contributed by atoms with Crippen LogP contribution in [-0.2, 0) is 6.18 Å². The summed E-state index contributed by atoms with van der Waals surface area (Å²) in [5.74, 6) is 5.68. The molecule has 1 fully saturated rings. The van der Waals surface area contributed by atoms with Gasteiger partial charge < -0.3 is 0 Å². The zero-order valence-electron chi connectivity index (χ0n) is 12.4. The number of nitrogens with two attached hydrogens (primary N) is 1. The molecule has 3 N–H and O–H groups in total. The summed E-state index contributed by atoms with van der Waals surface area (Å²) >= 11 is 0. The maximum Gasteiger partial charge on any atom is 0.416 e. The highest BCUT2D eigenvalue weighted by Gasteiger charge is 2.38. The molecule has 0 aliphatic heterocycles. The zero-order valence-corrected chi connectivity index (χ0v) is 12.4. The Morgan fingerprint density at radius 3 is 2.48 bits per heavy atom. The molecule has 1 aliphatic rings. The van der Waals surface area contributed by atoms with Crippen LogP contribution in [-0.4, -0.2) is 4.98 Å². The summed E-state index contributed by atoms with van der Waals surface area (Å²) in [6.45, 7) is 4.39. The van der Waals surface area contributed by atoms with Crippen LogP contribution in [0.25, 0.3) is 0 Å². The molecule has 0 bridgehead atoms. The number of hydrogen-bond acceptors (Lipinski definition) is 3. The summed E-state index contributed by atoms with van der Waals surface area (Å²) in [4.78, 5) is 3.86. The molecule has 2 rings (SSSR count). The maximum atomic E-state index is 13.1. The molecule has 0 spiro atoms. The predicted octanol–water partition coefficient (Wildman–Crippen LogP) is 3.82. The number of hydrogen-bond donors (Lipinski definition) is 2. The molecular formula is C15H22F3N3. The van der Waals surface area contributed by atoms with Crippen molar-refractivity contribution >= 4 is 0 Å². The highest BCUT2D eigenvalue weighted by Crippen LogP contribution is 2.44. The van der Waals surface area contributed by atoms with Gasteiger partial charge in [-0.2, -0.15) is 13.2 Å². The molecule has 1 heterocycles. The van der Waals surface area contributed by atoms with Crippen LogP contribution in [0.4, 0.5) is 13.2 Å². The minimum Gasteiger partial charge on any atom is -0.271 e. The standard InChI is InChI=1S/C15H22F3N3/c1-14(2)6-3-10(4-7-14)13(21-19)11-9-20-8-5-12(11)15(16,17)18/h5,8-10,13,21H,3-4,6-7,19H2,1-2H3. The molecular weight excluding hydrogens is 279 g/mol. The lowest BCUT2D eigenvalue weighted by Crippen LogP contribution is -2.37. The lowest BCUT2D eigenvalue weighted by atomic mass is 9.70. The minimum absolute atomic E-state index is 0.105. The molecule has 0 aromatic carbocycles. The second-order valence-electron chi connectivity index (χ2n) is 6.61. The van der Waals surface area contributed by atoms with Gasteiger partial charge in [0.15, 0.2) is 0 Å². The Bertz CT molecular complexity index is 475. The zero-order chi connectivity index (χ0) is 15.7. The molecule has 118 valence electrons. The van der Waals surface area contributed by atoms with E-state index in [0.717, 1.165) is 31.7 Å². The van der Waals surface area contributed by atoms with Gasteiger partial charge in [0.05, 0.1) is 11.6 Å². The summed E-state index contributed by atoms with van der Waals surface area (Å²) in [7, 11) is 0. The van der Waals surface area contributed by atoms with Gasteiger partial charge in [-0.1, -0.05) is 13.8 Å². The Morgan fingerprint density at radius 2 is 1.95 bits per heavy atom. The van der Waals surface area contributed by atoms with E-state index < -0.39 is 17.8 Å². The van der Waals surface area contributed by atoms with E-state index in [1.54, 1.807) is 0 Å². The van der Waals surface area contributed by atoms with Gasteiger partial charge in [-0.05, 0) is 43.1 Å². The highest BCUT2D eigenvalue weighted by atomic mass is 19.4. The SMILES string of the molecule is CC1(C)CCC(C(NN)c2cnccc2C(F)(F)F)CC1. The van der Waals surface area contributed by atoms with Crippen molar-refractivity contribution in [1.82, 2.24) is 10.4 Å². The first-order chi connectivity index (χ1) is 9.74. The van der Waals surface area contributed by atoms with Crippen LogP contribution in [0.15, 0.2) is 18.5 Å². The van der Waals surface area contributed by atoms with Gasteiger partial charge in [-0.3, -0.25) is 16.3 Å². The number of nitrogens with zero attached hydrogens (tertiary/aromatic N) is 1. The largest absolute Gasteiger partial charge is 0.416 e. The molecule has 21 heavy (non-hydrogen) atoms. The highest BCUT2D eigenvalue weighted by molar-refractivity contribution is 5.30. The van der Waals surface area contributed by atoms with Crippen LogP contribution in [0.1, 0.15) is 56.7 Å². The fraction of sp³-hybridized carbons (Fsp3) is 0.667. The van der Waals surface area contributed by atoms with E-state index in [2.05, 4.69) is 24.3 Å². The molecule has 0 amide bonds. The van der Waals surface area contributed by atoms with Crippen molar-refractivity contribution in [2.45, 2.75) is 51.7 Å². The number of hydrazine groups is 1. The van der Waals surface area contributed by atoms with Crippen LogP contribution in [0.5, 0.6) is 0 Å². The minimum atomic E-state index is -4.39. The second kappa shape index (κ2) is 5.93. The van der Waals surface area contributed by atoms with E-state index in [1.165, 1.54) is 12.4 Å². The monoisotopic (exact) mass is 301 g/mol. The summed E-state index contributed by atoms with van der Waals surface area (Å²) in [6, 6.07) is 0.512. The van der Waals surface area contributed by atoms with E-state index in [9.17, 15) is 13.2 Å². The summed E-state index contributed by atoms with van der Waals surface area (Å²) in [6.07, 6.45) is 1.80. The number of halogens is 3. The lowest BCUT2D eigenvalue weighted by Gasteiger charge is -2.38. The summed E-state index contributed by atoms with van der Waals surface area (Å²) in [5.41, 5.74) is 2.35. The summed E-state index contributed by atoms with van der Waals surface area (Å²) in [5, 5.41) is 0. The van der Waals surface area contributed by atoms with Crippen molar-refractivity contribution in [2.24, 2.45) is 17.2 Å². The molecule has 0 saturated heterocycles. The third kappa shape index (κ3) is 3.74. The molecule has 3 nitrogen and oxygen atoms in total. The lowest BCUT2D eigenvalue weighted by molar-refractivity contribution is -0.138. The van der Waals surface area contributed by atoms with Crippen molar-refractivity contribution in [1.29, 1.82) is 0 Å². The van der Waals surface area contributed by atoms with Gasteiger partial charge in [0.25, 0.3) is 0 Å². The molecule has 1 aromatic rings. The number of pyridine rings is 1. The Kier molecular flexibility index (Phi) is 4.58. The predicted molar refractivity (Wildman–Crippen MR) is 75.0 cm³/mol. The second-order valence-corrected chi connectivity index (χ2v) is 6.61. The van der Waals surface area contributed by atoms with E-state index in [1.807, 2.05) is 0 Å². The third-order valence-corrected chi connectivity index (χ3v) is 4.53. The smallest absolute Gasteiger partial charge is 0.271 e. The van der Waals surface area contributed by atoms with E-state index in [0.29, 0.717) is 0 Å². The van der Waals surface area contributed by atoms with E-state index >= 15 is 0 Å². The first-order valence-electron chi connectivity index (χ1n) is 7.22. The topological polar surface area (TPSA) is 50.9 Å². The molecule has 1 unspecified atom stereocenters. The van der Waals surface area contributed by atoms with E-state index in [-0.39, 0.29) is 16.9 Å². The van der Waals surface area contributed by atoms with Crippen molar-refractivity contribution in [3.63, 3.8) is 0 Å². The average molecular weight is 301 g/mol.